The average molecular weight is 504 g/mol. The first-order valence-electron chi connectivity index (χ1n) is 9.13. The van der Waals surface area contributed by atoms with Gasteiger partial charge in [0.05, 0.1) is 22.9 Å². The Morgan fingerprint density at radius 2 is 1.36 bits per heavy atom. The summed E-state index contributed by atoms with van der Waals surface area (Å²) in [5.41, 5.74) is -4.30. The molecule has 180 valence electrons. The first-order valence-corrected chi connectivity index (χ1v) is 9.51. The van der Waals surface area contributed by atoms with Crippen LogP contribution in [0.15, 0.2) is 47.6 Å². The second-order valence-electron chi connectivity index (χ2n) is 6.92. The average Bonchev–Trinajstić information content (AvgIpc) is 2.68. The lowest BCUT2D eigenvalue weighted by Crippen LogP contribution is -2.11. The summed E-state index contributed by atoms with van der Waals surface area (Å²) in [4.78, 5) is 0. The third-order valence-corrected chi connectivity index (χ3v) is 4.88. The van der Waals surface area contributed by atoms with Gasteiger partial charge >= 0.3 is 18.5 Å². The summed E-state index contributed by atoms with van der Waals surface area (Å²) >= 11 is 5.96. The van der Waals surface area contributed by atoms with Crippen LogP contribution in [0.2, 0.25) is 5.02 Å². The van der Waals surface area contributed by atoms with Crippen molar-refractivity contribution in [3.63, 3.8) is 0 Å². The first kappa shape index (κ1) is 26.6. The van der Waals surface area contributed by atoms with Crippen LogP contribution in [0.3, 0.4) is 0 Å². The van der Waals surface area contributed by atoms with Crippen molar-refractivity contribution in [2.45, 2.75) is 37.3 Å². The highest BCUT2D eigenvalue weighted by Crippen LogP contribution is 2.37. The first-order chi connectivity index (χ1) is 15.1. The van der Waals surface area contributed by atoms with E-state index in [-0.39, 0.29) is 35.1 Å². The van der Waals surface area contributed by atoms with Gasteiger partial charge in [-0.05, 0) is 60.4 Å². The fourth-order valence-corrected chi connectivity index (χ4v) is 3.22. The number of oxime groups is 1. The Hall–Kier alpha value is -2.69. The van der Waals surface area contributed by atoms with E-state index in [1.807, 2.05) is 0 Å². The van der Waals surface area contributed by atoms with E-state index in [2.05, 4.69) is 5.16 Å². The quantitative estimate of drug-likeness (QED) is 0.182. The summed E-state index contributed by atoms with van der Waals surface area (Å²) in [5.74, 6) is -0.901. The highest BCUT2D eigenvalue weighted by Gasteiger charge is 2.36. The number of benzene rings is 2. The van der Waals surface area contributed by atoms with E-state index in [9.17, 15) is 39.5 Å². The molecule has 0 aliphatic carbocycles. The molecule has 0 radical (unpaired) electrons. The molecule has 2 aromatic rings. The molecule has 2 rings (SSSR count). The minimum atomic E-state index is -4.99. The van der Waals surface area contributed by atoms with E-state index >= 15 is 0 Å². The smallest absolute Gasteiger partial charge is 0.411 e. The van der Waals surface area contributed by atoms with Crippen LogP contribution in [-0.2, 0) is 18.5 Å². The van der Waals surface area contributed by atoms with Gasteiger partial charge in [0.1, 0.15) is 0 Å². The summed E-state index contributed by atoms with van der Waals surface area (Å²) in [5, 5.41) is 11.6. The molecule has 2 aromatic carbocycles. The van der Waals surface area contributed by atoms with E-state index in [4.69, 9.17) is 16.8 Å². The van der Waals surface area contributed by atoms with Gasteiger partial charge in [0.15, 0.2) is 0 Å². The highest BCUT2D eigenvalue weighted by atomic mass is 35.5. The van der Waals surface area contributed by atoms with Gasteiger partial charge in [-0.15, -0.1) is 5.16 Å². The van der Waals surface area contributed by atoms with Gasteiger partial charge in [-0.25, -0.2) is 0 Å². The number of nitrogens with zero attached hydrogens (tertiary/aromatic N) is 1. The van der Waals surface area contributed by atoms with Crippen molar-refractivity contribution >= 4 is 23.9 Å². The number of alkyl halides is 9. The molecule has 0 saturated carbocycles. The van der Waals surface area contributed by atoms with E-state index in [0.29, 0.717) is 12.1 Å². The SMILES string of the molecule is O/N=C/C(CC/C=C\c1cc(C(F)(F)F)cc(C(F)(F)F)c1)c1cc(C(F)(F)F)ccc1Cl. The molecular weight excluding hydrogens is 489 g/mol. The standard InChI is InChI=1S/C21H15ClF9NO/c22-18-6-5-14(19(23,24)25)10-17(18)13(11-32-33)4-2-1-3-12-7-15(20(26,27)28)9-16(8-12)21(29,30)31/h1,3,5-11,13,33H,2,4H2/b3-1-,32-11+. The molecule has 0 spiro atoms. The molecular formula is C21H15ClF9NO. The van der Waals surface area contributed by atoms with Crippen LogP contribution >= 0.6 is 11.6 Å². The van der Waals surface area contributed by atoms with Crippen LogP contribution < -0.4 is 0 Å². The highest BCUT2D eigenvalue weighted by molar-refractivity contribution is 6.31. The molecule has 33 heavy (non-hydrogen) atoms. The fourth-order valence-electron chi connectivity index (χ4n) is 2.97. The van der Waals surface area contributed by atoms with Crippen LogP contribution in [0.5, 0.6) is 0 Å². The van der Waals surface area contributed by atoms with Crippen molar-refractivity contribution < 1.29 is 44.7 Å². The number of hydrogen-bond donors (Lipinski definition) is 1. The van der Waals surface area contributed by atoms with Crippen LogP contribution in [0, 0.1) is 0 Å². The van der Waals surface area contributed by atoms with Crippen molar-refractivity contribution in [2.24, 2.45) is 5.16 Å². The molecule has 1 atom stereocenters. The lowest BCUT2D eigenvalue weighted by molar-refractivity contribution is -0.143. The Balaban J connectivity index is 2.26. The second kappa shape index (κ2) is 10.1. The van der Waals surface area contributed by atoms with E-state index in [1.165, 1.54) is 6.08 Å². The monoisotopic (exact) mass is 503 g/mol. The summed E-state index contributed by atoms with van der Waals surface area (Å²) in [6, 6.07) is 3.66. The number of allylic oxidation sites excluding steroid dienone is 1. The topological polar surface area (TPSA) is 32.6 Å². The van der Waals surface area contributed by atoms with Crippen molar-refractivity contribution in [2.75, 3.05) is 0 Å². The number of hydrogen-bond acceptors (Lipinski definition) is 2. The van der Waals surface area contributed by atoms with Crippen molar-refractivity contribution in [3.05, 3.63) is 75.3 Å². The molecule has 0 aliphatic heterocycles. The van der Waals surface area contributed by atoms with Crippen LogP contribution in [0.1, 0.15) is 46.6 Å². The van der Waals surface area contributed by atoms with Crippen LogP contribution in [0.25, 0.3) is 6.08 Å². The lowest BCUT2D eigenvalue weighted by Gasteiger charge is -2.16. The Bertz CT molecular complexity index is 992. The molecule has 1 unspecified atom stereocenters. The Labute approximate surface area is 187 Å². The summed E-state index contributed by atoms with van der Waals surface area (Å²) < 4.78 is 117. The molecule has 12 heteroatoms. The molecule has 0 fully saturated rings. The third-order valence-electron chi connectivity index (χ3n) is 4.53. The Morgan fingerprint density at radius 3 is 1.85 bits per heavy atom. The molecule has 0 aliphatic rings. The van der Waals surface area contributed by atoms with E-state index < -0.39 is 41.1 Å². The second-order valence-corrected chi connectivity index (χ2v) is 7.33. The minimum Gasteiger partial charge on any atom is -0.411 e. The van der Waals surface area contributed by atoms with Gasteiger partial charge in [-0.3, -0.25) is 0 Å². The zero-order chi connectivity index (χ0) is 25.0. The molecule has 0 heterocycles. The summed E-state index contributed by atoms with van der Waals surface area (Å²) in [7, 11) is 0. The van der Waals surface area contributed by atoms with Crippen molar-refractivity contribution in [1.29, 1.82) is 0 Å². The van der Waals surface area contributed by atoms with E-state index in [0.717, 1.165) is 30.5 Å². The maximum atomic E-state index is 13.0. The van der Waals surface area contributed by atoms with Gasteiger partial charge in [-0.2, -0.15) is 39.5 Å². The van der Waals surface area contributed by atoms with Crippen molar-refractivity contribution in [3.8, 4) is 0 Å². The Kier molecular flexibility index (Phi) is 8.10. The van der Waals surface area contributed by atoms with Crippen molar-refractivity contribution in [1.82, 2.24) is 0 Å². The summed E-state index contributed by atoms with van der Waals surface area (Å²) in [6.45, 7) is 0. The molecule has 0 amide bonds. The Morgan fingerprint density at radius 1 is 0.818 bits per heavy atom. The zero-order valence-electron chi connectivity index (χ0n) is 16.4. The number of halogens is 10. The van der Waals surface area contributed by atoms with Gasteiger partial charge in [0.2, 0.25) is 0 Å². The lowest BCUT2D eigenvalue weighted by atomic mass is 9.93. The molecule has 0 saturated heterocycles. The third kappa shape index (κ3) is 7.41. The molecule has 0 bridgehead atoms. The largest absolute Gasteiger partial charge is 0.416 e. The number of rotatable bonds is 6. The molecule has 1 N–H and O–H groups in total. The van der Waals surface area contributed by atoms with E-state index in [1.54, 1.807) is 0 Å². The van der Waals surface area contributed by atoms with Gasteiger partial charge in [-0.1, -0.05) is 23.8 Å². The predicted octanol–water partition coefficient (Wildman–Crippen LogP) is 8.43. The molecule has 2 nitrogen and oxygen atoms in total. The molecule has 0 aromatic heterocycles. The fraction of sp³-hybridized carbons (Fsp3) is 0.286. The van der Waals surface area contributed by atoms with Crippen LogP contribution in [0.4, 0.5) is 39.5 Å². The van der Waals surface area contributed by atoms with Crippen LogP contribution in [-0.4, -0.2) is 11.4 Å². The maximum Gasteiger partial charge on any atom is 0.416 e. The predicted molar refractivity (Wildman–Crippen MR) is 104 cm³/mol. The normalized spacial score (nSPS) is 14.4. The minimum absolute atomic E-state index is 0.000715. The summed E-state index contributed by atoms with van der Waals surface area (Å²) in [6.07, 6.45) is -11.4. The maximum absolute atomic E-state index is 13.0. The zero-order valence-corrected chi connectivity index (χ0v) is 17.1. The van der Waals surface area contributed by atoms with Gasteiger partial charge in [0, 0.05) is 10.9 Å². The van der Waals surface area contributed by atoms with Gasteiger partial charge < -0.3 is 5.21 Å². The van der Waals surface area contributed by atoms with Gasteiger partial charge in [0.25, 0.3) is 0 Å².